The topological polar surface area (TPSA) is 21.3 Å². The normalized spacial score (nSPS) is 13.4. The molecule has 1 unspecified atom stereocenters. The van der Waals surface area contributed by atoms with Gasteiger partial charge in [0.25, 0.3) is 0 Å². The smallest absolute Gasteiger partial charge is 0.165 e. The summed E-state index contributed by atoms with van der Waals surface area (Å²) in [5, 5.41) is 3.45. The highest BCUT2D eigenvalue weighted by Crippen LogP contribution is 2.23. The van der Waals surface area contributed by atoms with Crippen LogP contribution in [-0.2, 0) is 0 Å². The fraction of sp³-hybridized carbons (Fsp3) is 0.600. The molecule has 1 atom stereocenters. The molecule has 1 rings (SSSR count). The second-order valence-electron chi connectivity index (χ2n) is 5.88. The van der Waals surface area contributed by atoms with Crippen LogP contribution in [0.25, 0.3) is 0 Å². The van der Waals surface area contributed by atoms with Crippen molar-refractivity contribution in [2.75, 3.05) is 13.7 Å². The van der Waals surface area contributed by atoms with E-state index in [2.05, 4.69) is 33.0 Å². The lowest BCUT2D eigenvalue weighted by atomic mass is 9.92. The van der Waals surface area contributed by atoms with Crippen LogP contribution in [-0.4, -0.2) is 13.7 Å². The van der Waals surface area contributed by atoms with Crippen LogP contribution in [0, 0.1) is 11.2 Å². The third kappa shape index (κ3) is 4.65. The summed E-state index contributed by atoms with van der Waals surface area (Å²) in [5.74, 6) is -0.0138. The van der Waals surface area contributed by atoms with E-state index in [1.54, 1.807) is 12.1 Å². The van der Waals surface area contributed by atoms with Crippen LogP contribution in [0.3, 0.4) is 0 Å². The Hall–Kier alpha value is -1.09. The van der Waals surface area contributed by atoms with E-state index >= 15 is 0 Å². The van der Waals surface area contributed by atoms with Crippen LogP contribution < -0.4 is 10.1 Å². The first-order chi connectivity index (χ1) is 8.33. The highest BCUT2D eigenvalue weighted by Gasteiger charge is 2.12. The lowest BCUT2D eigenvalue weighted by molar-refractivity contribution is 0.357. The van der Waals surface area contributed by atoms with Crippen LogP contribution in [0.5, 0.6) is 5.75 Å². The molecule has 3 heteroatoms. The number of methoxy groups -OCH3 is 1. The van der Waals surface area contributed by atoms with Gasteiger partial charge in [-0.15, -0.1) is 0 Å². The molecule has 0 aliphatic heterocycles. The lowest BCUT2D eigenvalue weighted by Gasteiger charge is -2.21. The van der Waals surface area contributed by atoms with Gasteiger partial charge in [0.2, 0.25) is 0 Å². The molecule has 0 saturated carbocycles. The molecule has 102 valence electrons. The zero-order valence-corrected chi connectivity index (χ0v) is 12.0. The van der Waals surface area contributed by atoms with Gasteiger partial charge in [-0.1, -0.05) is 26.8 Å². The number of ether oxygens (including phenoxy) is 1. The number of nitrogens with one attached hydrogen (secondary N) is 1. The van der Waals surface area contributed by atoms with Gasteiger partial charge < -0.3 is 10.1 Å². The predicted octanol–water partition coefficient (Wildman–Crippen LogP) is 3.92. The SMILES string of the molecule is COc1cc(C(C)NCCC(C)(C)C)ccc1F. The summed E-state index contributed by atoms with van der Waals surface area (Å²) in [6.07, 6.45) is 1.11. The van der Waals surface area contributed by atoms with Crippen molar-refractivity contribution >= 4 is 0 Å². The van der Waals surface area contributed by atoms with Crippen molar-refractivity contribution in [1.29, 1.82) is 0 Å². The van der Waals surface area contributed by atoms with Crippen LogP contribution in [0.2, 0.25) is 0 Å². The molecule has 0 fully saturated rings. The molecule has 1 N–H and O–H groups in total. The summed E-state index contributed by atoms with van der Waals surface area (Å²) >= 11 is 0. The van der Waals surface area contributed by atoms with Gasteiger partial charge in [0.1, 0.15) is 0 Å². The molecule has 0 aliphatic rings. The molecule has 1 aromatic carbocycles. The second kappa shape index (κ2) is 6.19. The lowest BCUT2D eigenvalue weighted by Crippen LogP contribution is -2.23. The molecule has 0 aliphatic carbocycles. The number of hydrogen-bond acceptors (Lipinski definition) is 2. The van der Waals surface area contributed by atoms with Crippen molar-refractivity contribution in [3.63, 3.8) is 0 Å². The van der Waals surface area contributed by atoms with Gasteiger partial charge >= 0.3 is 0 Å². The third-order valence-electron chi connectivity index (χ3n) is 3.00. The Balaban J connectivity index is 2.59. The Bertz CT molecular complexity index is 385. The highest BCUT2D eigenvalue weighted by atomic mass is 19.1. The van der Waals surface area contributed by atoms with Crippen molar-refractivity contribution < 1.29 is 9.13 Å². The standard InChI is InChI=1S/C15H24FNO/c1-11(17-9-8-15(2,3)4)12-6-7-13(16)14(10-12)18-5/h6-7,10-11,17H,8-9H2,1-5H3. The summed E-state index contributed by atoms with van der Waals surface area (Å²) in [7, 11) is 1.49. The molecule has 2 nitrogen and oxygen atoms in total. The summed E-state index contributed by atoms with van der Waals surface area (Å²) < 4.78 is 18.3. The number of halogens is 1. The summed E-state index contributed by atoms with van der Waals surface area (Å²) in [5.41, 5.74) is 1.37. The average Bonchev–Trinajstić information content (AvgIpc) is 2.27. The number of hydrogen-bond donors (Lipinski definition) is 1. The minimum absolute atomic E-state index is 0.196. The highest BCUT2D eigenvalue weighted by molar-refractivity contribution is 5.31. The molecule has 0 aromatic heterocycles. The summed E-state index contributed by atoms with van der Waals surface area (Å²) in [6, 6.07) is 5.20. The van der Waals surface area contributed by atoms with Crippen LogP contribution in [0.1, 0.15) is 45.7 Å². The quantitative estimate of drug-likeness (QED) is 0.858. The zero-order chi connectivity index (χ0) is 13.8. The predicted molar refractivity (Wildman–Crippen MR) is 73.4 cm³/mol. The van der Waals surface area contributed by atoms with Crippen LogP contribution >= 0.6 is 0 Å². The Morgan fingerprint density at radius 1 is 1.33 bits per heavy atom. The minimum Gasteiger partial charge on any atom is -0.494 e. The maximum Gasteiger partial charge on any atom is 0.165 e. The first-order valence-electron chi connectivity index (χ1n) is 6.40. The summed E-state index contributed by atoms with van der Waals surface area (Å²) in [6.45, 7) is 9.69. The van der Waals surface area contributed by atoms with Crippen molar-refractivity contribution in [2.24, 2.45) is 5.41 Å². The Labute approximate surface area is 110 Å². The van der Waals surface area contributed by atoms with Gasteiger partial charge in [-0.2, -0.15) is 0 Å². The molecule has 18 heavy (non-hydrogen) atoms. The molecular weight excluding hydrogens is 229 g/mol. The van der Waals surface area contributed by atoms with E-state index in [9.17, 15) is 4.39 Å². The van der Waals surface area contributed by atoms with E-state index in [1.165, 1.54) is 13.2 Å². The first kappa shape index (κ1) is 15.0. The van der Waals surface area contributed by atoms with Gasteiger partial charge in [0, 0.05) is 6.04 Å². The monoisotopic (exact) mass is 253 g/mol. The van der Waals surface area contributed by atoms with E-state index in [-0.39, 0.29) is 11.9 Å². The Kier molecular flexibility index (Phi) is 5.15. The average molecular weight is 253 g/mol. The molecule has 0 amide bonds. The molecular formula is C15H24FNO. The maximum atomic E-state index is 13.3. The molecule has 0 heterocycles. The third-order valence-corrected chi connectivity index (χ3v) is 3.00. The minimum atomic E-state index is -0.317. The zero-order valence-electron chi connectivity index (χ0n) is 12.0. The molecule has 0 radical (unpaired) electrons. The molecule has 0 spiro atoms. The van der Waals surface area contributed by atoms with Crippen LogP contribution in [0.4, 0.5) is 4.39 Å². The second-order valence-corrected chi connectivity index (χ2v) is 5.88. The Morgan fingerprint density at radius 3 is 2.56 bits per heavy atom. The van der Waals surface area contributed by atoms with E-state index < -0.39 is 0 Å². The van der Waals surface area contributed by atoms with Gasteiger partial charge in [-0.3, -0.25) is 0 Å². The van der Waals surface area contributed by atoms with Gasteiger partial charge in [-0.05, 0) is 43.0 Å². The van der Waals surface area contributed by atoms with Gasteiger partial charge in [-0.25, -0.2) is 4.39 Å². The number of benzene rings is 1. The van der Waals surface area contributed by atoms with E-state index in [0.717, 1.165) is 18.5 Å². The largest absolute Gasteiger partial charge is 0.494 e. The van der Waals surface area contributed by atoms with Gasteiger partial charge in [0.05, 0.1) is 7.11 Å². The first-order valence-corrected chi connectivity index (χ1v) is 6.40. The molecule has 0 saturated heterocycles. The van der Waals surface area contributed by atoms with E-state index in [4.69, 9.17) is 4.74 Å². The van der Waals surface area contributed by atoms with Crippen molar-refractivity contribution in [3.8, 4) is 5.75 Å². The maximum absolute atomic E-state index is 13.3. The van der Waals surface area contributed by atoms with Crippen molar-refractivity contribution in [2.45, 2.75) is 40.2 Å². The van der Waals surface area contributed by atoms with E-state index in [1.807, 2.05) is 0 Å². The van der Waals surface area contributed by atoms with Crippen molar-refractivity contribution in [1.82, 2.24) is 5.32 Å². The van der Waals surface area contributed by atoms with Gasteiger partial charge in [0.15, 0.2) is 11.6 Å². The fourth-order valence-corrected chi connectivity index (χ4v) is 1.73. The van der Waals surface area contributed by atoms with Crippen LogP contribution in [0.15, 0.2) is 18.2 Å². The fourth-order valence-electron chi connectivity index (χ4n) is 1.73. The molecule has 0 bridgehead atoms. The number of rotatable bonds is 5. The Morgan fingerprint density at radius 2 is 2.00 bits per heavy atom. The molecule has 1 aromatic rings. The van der Waals surface area contributed by atoms with E-state index in [0.29, 0.717) is 11.2 Å². The van der Waals surface area contributed by atoms with Crippen molar-refractivity contribution in [3.05, 3.63) is 29.6 Å². The summed E-state index contributed by atoms with van der Waals surface area (Å²) in [4.78, 5) is 0.